The van der Waals surface area contributed by atoms with Crippen molar-refractivity contribution in [2.75, 3.05) is 7.11 Å². The van der Waals surface area contributed by atoms with E-state index >= 15 is 0 Å². The number of amidine groups is 1. The number of nitrogens with one attached hydrogen (secondary N) is 1. The number of rotatable bonds is 4. The highest BCUT2D eigenvalue weighted by Crippen LogP contribution is 2.31. The van der Waals surface area contributed by atoms with Crippen LogP contribution in [0.4, 0.5) is 0 Å². The third kappa shape index (κ3) is 3.02. The number of aromatic nitrogens is 1. The number of allylic oxidation sites excluding steroid dienone is 2. The van der Waals surface area contributed by atoms with Crippen LogP contribution in [0.2, 0.25) is 0 Å². The average Bonchev–Trinajstić information content (AvgIpc) is 2.92. The number of ether oxygens (including phenoxy) is 1. The second kappa shape index (κ2) is 6.32. The van der Waals surface area contributed by atoms with Gasteiger partial charge in [0.15, 0.2) is 0 Å². The summed E-state index contributed by atoms with van der Waals surface area (Å²) in [5, 5.41) is 1.21. The Hall–Kier alpha value is -2.49. The minimum absolute atomic E-state index is 0.430. The molecule has 2 heterocycles. The number of aliphatic imine (C=N–C) groups is 1. The van der Waals surface area contributed by atoms with E-state index < -0.39 is 0 Å². The van der Waals surface area contributed by atoms with Gasteiger partial charge in [0, 0.05) is 22.8 Å². The predicted octanol–water partition coefficient (Wildman–Crippen LogP) is 4.04. The molecule has 0 amide bonds. The van der Waals surface area contributed by atoms with E-state index in [9.17, 15) is 0 Å². The SMILES string of the molecule is COc1ccc2[nH]c(C(C)C)c(C/C=C3\CC=CN=C3N)c2c1. The zero-order valence-corrected chi connectivity index (χ0v) is 13.9. The molecule has 0 unspecified atom stereocenters. The lowest BCUT2D eigenvalue weighted by atomic mass is 9.98. The van der Waals surface area contributed by atoms with Crippen molar-refractivity contribution in [2.45, 2.75) is 32.6 Å². The van der Waals surface area contributed by atoms with E-state index in [4.69, 9.17) is 10.5 Å². The number of fused-ring (bicyclic) bond motifs is 1. The van der Waals surface area contributed by atoms with Gasteiger partial charge in [0.05, 0.1) is 7.11 Å². The van der Waals surface area contributed by atoms with Crippen LogP contribution in [0.15, 0.2) is 47.1 Å². The molecule has 1 aliphatic rings. The fourth-order valence-electron chi connectivity index (χ4n) is 3.00. The van der Waals surface area contributed by atoms with E-state index in [1.165, 1.54) is 16.6 Å². The van der Waals surface area contributed by atoms with Gasteiger partial charge < -0.3 is 15.5 Å². The summed E-state index contributed by atoms with van der Waals surface area (Å²) < 4.78 is 5.38. The van der Waals surface area contributed by atoms with E-state index in [0.717, 1.165) is 29.7 Å². The Bertz CT molecular complexity index is 809. The molecule has 0 bridgehead atoms. The van der Waals surface area contributed by atoms with Crippen LogP contribution in [0.3, 0.4) is 0 Å². The molecule has 120 valence electrons. The molecular formula is C19H23N3O. The van der Waals surface area contributed by atoms with Crippen LogP contribution in [0.25, 0.3) is 10.9 Å². The van der Waals surface area contributed by atoms with Gasteiger partial charge in [-0.2, -0.15) is 0 Å². The summed E-state index contributed by atoms with van der Waals surface area (Å²) in [7, 11) is 1.70. The van der Waals surface area contributed by atoms with Crippen LogP contribution in [-0.4, -0.2) is 17.9 Å². The Morgan fingerprint density at radius 3 is 2.91 bits per heavy atom. The Labute approximate surface area is 136 Å². The minimum Gasteiger partial charge on any atom is -0.497 e. The maximum Gasteiger partial charge on any atom is 0.126 e. The number of H-pyrrole nitrogens is 1. The fraction of sp³-hybridized carbons (Fsp3) is 0.316. The lowest BCUT2D eigenvalue weighted by Crippen LogP contribution is -2.16. The van der Waals surface area contributed by atoms with Crippen molar-refractivity contribution < 1.29 is 4.74 Å². The van der Waals surface area contributed by atoms with E-state index in [1.54, 1.807) is 13.3 Å². The third-order valence-corrected chi connectivity index (χ3v) is 4.26. The molecule has 1 aromatic carbocycles. The standard InChI is InChI=1S/C19H23N3O/c1-12(2)18-15(8-6-13-5-4-10-21-19(13)20)16-11-14(23-3)7-9-17(16)22-18/h4,6-7,9-12,22H,5,8H2,1-3H3,(H2,20,21)/b13-6+. The summed E-state index contributed by atoms with van der Waals surface area (Å²) in [4.78, 5) is 7.73. The molecule has 23 heavy (non-hydrogen) atoms. The van der Waals surface area contributed by atoms with Crippen LogP contribution in [0.5, 0.6) is 5.75 Å². The van der Waals surface area contributed by atoms with Gasteiger partial charge in [0.1, 0.15) is 11.6 Å². The number of hydrogen-bond acceptors (Lipinski definition) is 3. The van der Waals surface area contributed by atoms with Gasteiger partial charge >= 0.3 is 0 Å². The van der Waals surface area contributed by atoms with Crippen LogP contribution >= 0.6 is 0 Å². The molecular weight excluding hydrogens is 286 g/mol. The van der Waals surface area contributed by atoms with Crippen molar-refractivity contribution in [1.82, 2.24) is 4.98 Å². The van der Waals surface area contributed by atoms with Crippen molar-refractivity contribution >= 4 is 16.7 Å². The second-order valence-electron chi connectivity index (χ2n) is 6.12. The summed E-state index contributed by atoms with van der Waals surface area (Å²) in [5.41, 5.74) is 10.8. The molecule has 0 atom stereocenters. The maximum atomic E-state index is 5.98. The predicted molar refractivity (Wildman–Crippen MR) is 96.1 cm³/mol. The monoisotopic (exact) mass is 309 g/mol. The van der Waals surface area contributed by atoms with Crippen molar-refractivity contribution in [1.29, 1.82) is 0 Å². The van der Waals surface area contributed by atoms with Gasteiger partial charge in [0.2, 0.25) is 0 Å². The van der Waals surface area contributed by atoms with E-state index in [1.807, 2.05) is 12.1 Å². The first kappa shape index (κ1) is 15.4. The summed E-state index contributed by atoms with van der Waals surface area (Å²) >= 11 is 0. The highest BCUT2D eigenvalue weighted by Gasteiger charge is 2.15. The number of nitrogens with two attached hydrogens (primary N) is 1. The number of methoxy groups -OCH3 is 1. The minimum atomic E-state index is 0.430. The summed E-state index contributed by atoms with van der Waals surface area (Å²) in [6.07, 6.45) is 7.67. The molecule has 0 fully saturated rings. The van der Waals surface area contributed by atoms with Gasteiger partial charge in [0.25, 0.3) is 0 Å². The second-order valence-corrected chi connectivity index (χ2v) is 6.12. The normalized spacial score (nSPS) is 16.3. The fourth-order valence-corrected chi connectivity index (χ4v) is 3.00. The number of nitrogens with zero attached hydrogens (tertiary/aromatic N) is 1. The zero-order valence-electron chi connectivity index (χ0n) is 13.9. The number of hydrogen-bond donors (Lipinski definition) is 2. The van der Waals surface area contributed by atoms with Crippen molar-refractivity contribution in [3.05, 3.63) is 53.4 Å². The van der Waals surface area contributed by atoms with Crippen LogP contribution in [0, 0.1) is 0 Å². The smallest absolute Gasteiger partial charge is 0.126 e. The molecule has 3 rings (SSSR count). The molecule has 4 nitrogen and oxygen atoms in total. The van der Waals surface area contributed by atoms with Gasteiger partial charge in [-0.25, -0.2) is 4.99 Å². The van der Waals surface area contributed by atoms with Crippen molar-refractivity contribution in [2.24, 2.45) is 10.7 Å². The lowest BCUT2D eigenvalue weighted by molar-refractivity contribution is 0.415. The highest BCUT2D eigenvalue weighted by atomic mass is 16.5. The van der Waals surface area contributed by atoms with E-state index in [-0.39, 0.29) is 0 Å². The zero-order chi connectivity index (χ0) is 16.4. The quantitative estimate of drug-likeness (QED) is 0.895. The summed E-state index contributed by atoms with van der Waals surface area (Å²) in [6, 6.07) is 6.17. The summed E-state index contributed by atoms with van der Waals surface area (Å²) in [6.45, 7) is 4.41. The van der Waals surface area contributed by atoms with Gasteiger partial charge in [-0.3, -0.25) is 0 Å². The molecule has 0 saturated heterocycles. The first-order chi connectivity index (χ1) is 11.1. The topological polar surface area (TPSA) is 63.4 Å². The van der Waals surface area contributed by atoms with Gasteiger partial charge in [-0.05, 0) is 48.1 Å². The molecule has 0 spiro atoms. The van der Waals surface area contributed by atoms with Gasteiger partial charge in [-0.1, -0.05) is 26.0 Å². The molecule has 1 aromatic heterocycles. The Kier molecular flexibility index (Phi) is 4.24. The largest absolute Gasteiger partial charge is 0.497 e. The Morgan fingerprint density at radius 1 is 1.39 bits per heavy atom. The number of aromatic amines is 1. The maximum absolute atomic E-state index is 5.98. The highest BCUT2D eigenvalue weighted by molar-refractivity contribution is 5.98. The number of benzene rings is 1. The van der Waals surface area contributed by atoms with Gasteiger partial charge in [-0.15, -0.1) is 0 Å². The van der Waals surface area contributed by atoms with Crippen molar-refractivity contribution in [3.63, 3.8) is 0 Å². The third-order valence-electron chi connectivity index (χ3n) is 4.26. The lowest BCUT2D eigenvalue weighted by Gasteiger charge is -2.10. The Balaban J connectivity index is 2.04. The average molecular weight is 309 g/mol. The molecule has 4 heteroatoms. The van der Waals surface area contributed by atoms with E-state index in [2.05, 4.69) is 42.0 Å². The molecule has 0 radical (unpaired) electrons. The van der Waals surface area contributed by atoms with Crippen LogP contribution in [-0.2, 0) is 6.42 Å². The first-order valence-electron chi connectivity index (χ1n) is 7.96. The molecule has 0 aliphatic carbocycles. The molecule has 3 N–H and O–H groups in total. The van der Waals surface area contributed by atoms with Crippen LogP contribution < -0.4 is 10.5 Å². The Morgan fingerprint density at radius 2 is 2.22 bits per heavy atom. The molecule has 2 aromatic rings. The summed E-state index contributed by atoms with van der Waals surface area (Å²) in [5.74, 6) is 1.93. The van der Waals surface area contributed by atoms with E-state index in [0.29, 0.717) is 11.8 Å². The first-order valence-corrected chi connectivity index (χ1v) is 7.96. The van der Waals surface area contributed by atoms with Crippen LogP contribution in [0.1, 0.15) is 37.4 Å². The molecule has 0 saturated carbocycles. The molecule has 1 aliphatic heterocycles. The van der Waals surface area contributed by atoms with Crippen molar-refractivity contribution in [3.8, 4) is 5.75 Å².